The monoisotopic (exact) mass is 584 g/mol. The van der Waals surface area contributed by atoms with Gasteiger partial charge in [0.05, 0.1) is 23.2 Å². The zero-order chi connectivity index (χ0) is 30.6. The fourth-order valence-electron chi connectivity index (χ4n) is 5.32. The van der Waals surface area contributed by atoms with Crippen molar-refractivity contribution in [2.45, 2.75) is 85.7 Å². The second-order valence-electron chi connectivity index (χ2n) is 12.0. The quantitative estimate of drug-likeness (QED) is 0.276. The average Bonchev–Trinajstić information content (AvgIpc) is 3.33. The van der Waals surface area contributed by atoms with E-state index in [9.17, 15) is 14.0 Å². The number of unbranched alkanes of at least 4 members (excludes halogenated alkanes) is 1. The molecule has 4 rings (SSSR count). The van der Waals surface area contributed by atoms with E-state index in [-0.39, 0.29) is 24.0 Å². The molecule has 1 aliphatic rings. The molecule has 2 aromatic heterocycles. The largest absolute Gasteiger partial charge is 0.372 e. The van der Waals surface area contributed by atoms with Crippen molar-refractivity contribution in [3.05, 3.63) is 24.0 Å². The first-order chi connectivity index (χ1) is 20.0. The number of carbonyl (C=O) groups is 2. The molecule has 42 heavy (non-hydrogen) atoms. The number of nitrogens with zero attached hydrogens (tertiary/aromatic N) is 5. The van der Waals surface area contributed by atoms with Crippen molar-refractivity contribution in [3.63, 3.8) is 0 Å². The van der Waals surface area contributed by atoms with E-state index in [4.69, 9.17) is 9.72 Å². The van der Waals surface area contributed by atoms with Crippen LogP contribution in [0.4, 0.5) is 15.9 Å². The molecular formula is C30H45FN8O3. The zero-order valence-corrected chi connectivity index (χ0v) is 25.8. The van der Waals surface area contributed by atoms with E-state index in [1.807, 2.05) is 25.2 Å². The summed E-state index contributed by atoms with van der Waals surface area (Å²) < 4.78 is 22.0. The number of morpholine rings is 1. The number of fused-ring (bicyclic) bond motifs is 3. The SMILES string of the molecule is Cc1nnc2c(NCCCCNC(=O)C(NC(=O)C(F)C(C)C)C(C)C)nc3cc(N4CC(C)OC(C)C4)ccc3n12. The molecule has 230 valence electrons. The lowest BCUT2D eigenvalue weighted by molar-refractivity contribution is -0.133. The Morgan fingerprint density at radius 3 is 2.38 bits per heavy atom. The number of halogens is 1. The van der Waals surface area contributed by atoms with E-state index in [0.717, 1.165) is 42.1 Å². The molecule has 3 N–H and O–H groups in total. The number of alkyl halides is 1. The Labute approximate surface area is 247 Å². The minimum Gasteiger partial charge on any atom is -0.372 e. The van der Waals surface area contributed by atoms with Crippen LogP contribution in [0.15, 0.2) is 18.2 Å². The van der Waals surface area contributed by atoms with Crippen LogP contribution in [0.5, 0.6) is 0 Å². The number of nitrogens with one attached hydrogen (secondary N) is 3. The van der Waals surface area contributed by atoms with Gasteiger partial charge in [-0.15, -0.1) is 10.2 Å². The Morgan fingerprint density at radius 1 is 1.02 bits per heavy atom. The maximum atomic E-state index is 14.1. The summed E-state index contributed by atoms with van der Waals surface area (Å²) in [7, 11) is 0. The summed E-state index contributed by atoms with van der Waals surface area (Å²) in [5, 5.41) is 17.5. The summed E-state index contributed by atoms with van der Waals surface area (Å²) in [6.07, 6.45) is 0.144. The van der Waals surface area contributed by atoms with Crippen molar-refractivity contribution in [3.8, 4) is 0 Å². The number of aryl methyl sites for hydroxylation is 1. The average molecular weight is 585 g/mol. The number of aromatic nitrogens is 4. The molecule has 1 aromatic carbocycles. The number of amides is 2. The first kappa shape index (κ1) is 31.4. The maximum Gasteiger partial charge on any atom is 0.255 e. The molecule has 12 heteroatoms. The first-order valence-electron chi connectivity index (χ1n) is 15.0. The summed E-state index contributed by atoms with van der Waals surface area (Å²) in [6.45, 7) is 15.7. The molecule has 0 bridgehead atoms. The van der Waals surface area contributed by atoms with Crippen molar-refractivity contribution in [2.75, 3.05) is 36.4 Å². The normalized spacial score (nSPS) is 19.0. The summed E-state index contributed by atoms with van der Waals surface area (Å²) in [5.41, 5.74) is 3.56. The van der Waals surface area contributed by atoms with Crippen LogP contribution in [-0.2, 0) is 14.3 Å². The fourth-order valence-corrected chi connectivity index (χ4v) is 5.32. The van der Waals surface area contributed by atoms with E-state index in [0.29, 0.717) is 31.0 Å². The summed E-state index contributed by atoms with van der Waals surface area (Å²) in [6, 6.07) is 5.51. The standard InChI is InChI=1S/C30H45FN8O3/c1-17(2)25(31)29(40)35-26(18(3)4)30(41)33-13-9-8-12-32-27-28-37-36-21(7)39(28)24-11-10-22(14-23(24)34-27)38-15-19(5)42-20(6)16-38/h10-11,14,17-20,25-26H,8-9,12-13,15-16H2,1-7H3,(H,32,34)(H,33,41)(H,35,40). The number of hydrogen-bond donors (Lipinski definition) is 3. The third-order valence-electron chi connectivity index (χ3n) is 7.53. The zero-order valence-electron chi connectivity index (χ0n) is 25.8. The highest BCUT2D eigenvalue weighted by Crippen LogP contribution is 2.27. The van der Waals surface area contributed by atoms with Crippen molar-refractivity contribution in [1.29, 1.82) is 0 Å². The Hall–Kier alpha value is -3.54. The first-order valence-corrected chi connectivity index (χ1v) is 15.0. The van der Waals surface area contributed by atoms with Gasteiger partial charge in [-0.25, -0.2) is 9.37 Å². The second kappa shape index (κ2) is 13.6. The molecule has 0 saturated carbocycles. The smallest absolute Gasteiger partial charge is 0.255 e. The van der Waals surface area contributed by atoms with Crippen LogP contribution in [0.2, 0.25) is 0 Å². The minimum atomic E-state index is -1.65. The van der Waals surface area contributed by atoms with Crippen molar-refractivity contribution >= 4 is 40.0 Å². The lowest BCUT2D eigenvalue weighted by Crippen LogP contribution is -2.52. The van der Waals surface area contributed by atoms with Gasteiger partial charge in [0.15, 0.2) is 12.0 Å². The molecular weight excluding hydrogens is 539 g/mol. The topological polar surface area (TPSA) is 126 Å². The van der Waals surface area contributed by atoms with Crippen molar-refractivity contribution in [1.82, 2.24) is 30.2 Å². The number of hydrogen-bond acceptors (Lipinski definition) is 8. The van der Waals surface area contributed by atoms with Crippen LogP contribution >= 0.6 is 0 Å². The van der Waals surface area contributed by atoms with E-state index >= 15 is 0 Å². The molecule has 2 amide bonds. The van der Waals surface area contributed by atoms with Crippen LogP contribution in [0.1, 0.15) is 60.2 Å². The molecule has 1 fully saturated rings. The van der Waals surface area contributed by atoms with E-state index in [1.54, 1.807) is 13.8 Å². The van der Waals surface area contributed by atoms with Crippen molar-refractivity contribution in [2.24, 2.45) is 11.8 Å². The molecule has 1 saturated heterocycles. The van der Waals surface area contributed by atoms with Gasteiger partial charge in [-0.05, 0) is 63.6 Å². The molecule has 3 heterocycles. The molecule has 0 spiro atoms. The lowest BCUT2D eigenvalue weighted by atomic mass is 10.0. The lowest BCUT2D eigenvalue weighted by Gasteiger charge is -2.36. The highest BCUT2D eigenvalue weighted by Gasteiger charge is 2.29. The summed E-state index contributed by atoms with van der Waals surface area (Å²) in [5.74, 6) is -0.238. The third-order valence-corrected chi connectivity index (χ3v) is 7.53. The highest BCUT2D eigenvalue weighted by atomic mass is 19.1. The van der Waals surface area contributed by atoms with Crippen LogP contribution < -0.4 is 20.9 Å². The summed E-state index contributed by atoms with van der Waals surface area (Å²) in [4.78, 5) is 32.1. The van der Waals surface area contributed by atoms with E-state index < -0.39 is 24.0 Å². The van der Waals surface area contributed by atoms with Gasteiger partial charge in [0.25, 0.3) is 5.91 Å². The molecule has 11 nitrogen and oxygen atoms in total. The Morgan fingerprint density at radius 2 is 1.71 bits per heavy atom. The van der Waals surface area contributed by atoms with Gasteiger partial charge < -0.3 is 25.6 Å². The molecule has 0 radical (unpaired) electrons. The minimum absolute atomic E-state index is 0.157. The summed E-state index contributed by atoms with van der Waals surface area (Å²) >= 11 is 0. The number of ether oxygens (including phenoxy) is 1. The molecule has 4 atom stereocenters. The molecule has 1 aliphatic heterocycles. The van der Waals surface area contributed by atoms with Gasteiger partial charge in [-0.2, -0.15) is 0 Å². The predicted octanol–water partition coefficient (Wildman–Crippen LogP) is 3.64. The molecule has 0 aliphatic carbocycles. The van der Waals surface area contributed by atoms with Crippen LogP contribution in [0.3, 0.4) is 0 Å². The van der Waals surface area contributed by atoms with E-state index in [2.05, 4.69) is 63.1 Å². The Balaban J connectivity index is 1.36. The number of anilines is 2. The van der Waals surface area contributed by atoms with E-state index in [1.165, 1.54) is 0 Å². The van der Waals surface area contributed by atoms with Gasteiger partial charge in [0, 0.05) is 31.9 Å². The highest BCUT2D eigenvalue weighted by molar-refractivity contribution is 5.89. The maximum absolute atomic E-state index is 14.1. The van der Waals surface area contributed by atoms with Gasteiger partial charge in [-0.1, -0.05) is 27.7 Å². The predicted molar refractivity (Wildman–Crippen MR) is 162 cm³/mol. The van der Waals surface area contributed by atoms with Gasteiger partial charge in [-0.3, -0.25) is 14.0 Å². The Kier molecular flexibility index (Phi) is 10.2. The Bertz CT molecular complexity index is 1380. The number of rotatable bonds is 12. The van der Waals surface area contributed by atoms with Gasteiger partial charge in [0.1, 0.15) is 11.9 Å². The van der Waals surface area contributed by atoms with Crippen molar-refractivity contribution < 1.29 is 18.7 Å². The molecule has 3 aromatic rings. The molecule has 4 unspecified atom stereocenters. The van der Waals surface area contributed by atoms with Crippen LogP contribution in [-0.4, -0.2) is 82.0 Å². The van der Waals surface area contributed by atoms with Gasteiger partial charge >= 0.3 is 0 Å². The van der Waals surface area contributed by atoms with Crippen LogP contribution in [0.25, 0.3) is 16.7 Å². The second-order valence-corrected chi connectivity index (χ2v) is 12.0. The number of carbonyl (C=O) groups excluding carboxylic acids is 2. The number of benzene rings is 1. The fraction of sp³-hybridized carbons (Fsp3) is 0.633. The third kappa shape index (κ3) is 7.26. The van der Waals surface area contributed by atoms with Crippen LogP contribution in [0, 0.1) is 18.8 Å². The van der Waals surface area contributed by atoms with Gasteiger partial charge in [0.2, 0.25) is 11.6 Å².